The Morgan fingerprint density at radius 3 is 2.70 bits per heavy atom. The van der Waals surface area contributed by atoms with Crippen LogP contribution in [0.25, 0.3) is 0 Å². The zero-order valence-corrected chi connectivity index (χ0v) is 11.9. The van der Waals surface area contributed by atoms with E-state index in [1.165, 1.54) is 0 Å². The fourth-order valence-electron chi connectivity index (χ4n) is 1.79. The lowest BCUT2D eigenvalue weighted by molar-refractivity contribution is 0.100. The van der Waals surface area contributed by atoms with Gasteiger partial charge in [0.25, 0.3) is 0 Å². The summed E-state index contributed by atoms with van der Waals surface area (Å²) in [6.07, 6.45) is 1.85. The second-order valence-corrected chi connectivity index (χ2v) is 4.99. The molecule has 20 heavy (non-hydrogen) atoms. The predicted octanol–water partition coefficient (Wildman–Crippen LogP) is 2.43. The van der Waals surface area contributed by atoms with E-state index in [9.17, 15) is 4.79 Å². The Morgan fingerprint density at radius 1 is 1.30 bits per heavy atom. The number of aromatic nitrogens is 1. The summed E-state index contributed by atoms with van der Waals surface area (Å²) < 4.78 is 0. The Hall–Kier alpha value is -1.91. The lowest BCUT2D eigenvalue weighted by Crippen LogP contribution is -2.14. The van der Waals surface area contributed by atoms with Crippen LogP contribution in [0.5, 0.6) is 0 Å². The number of pyridine rings is 1. The van der Waals surface area contributed by atoms with Gasteiger partial charge in [-0.3, -0.25) is 9.78 Å². The van der Waals surface area contributed by atoms with Crippen molar-refractivity contribution in [2.75, 3.05) is 0 Å². The molecule has 0 saturated heterocycles. The molecule has 1 aromatic carbocycles. The van der Waals surface area contributed by atoms with Crippen LogP contribution in [0, 0.1) is 6.92 Å². The van der Waals surface area contributed by atoms with Gasteiger partial charge in [0.05, 0.1) is 0 Å². The number of carbonyl (C=O) groups excluding carboxylic acids is 1. The second kappa shape index (κ2) is 6.50. The van der Waals surface area contributed by atoms with Crippen LogP contribution in [-0.4, -0.2) is 10.9 Å². The molecule has 0 atom stereocenters. The first-order valence-corrected chi connectivity index (χ1v) is 6.64. The van der Waals surface area contributed by atoms with Gasteiger partial charge in [0.15, 0.2) is 0 Å². The minimum atomic E-state index is -0.475. The van der Waals surface area contributed by atoms with E-state index >= 15 is 0 Å². The Kier molecular flexibility index (Phi) is 4.71. The molecule has 1 heterocycles. The summed E-state index contributed by atoms with van der Waals surface area (Å²) in [5, 5.41) is 3.82. The topological polar surface area (TPSA) is 68.0 Å². The number of hydrogen-bond donors (Lipinski definition) is 2. The Balaban J connectivity index is 1.94. The van der Waals surface area contributed by atoms with Crippen LogP contribution in [-0.2, 0) is 13.1 Å². The molecule has 4 nitrogen and oxygen atoms in total. The highest BCUT2D eigenvalue weighted by Crippen LogP contribution is 2.17. The monoisotopic (exact) mass is 289 g/mol. The number of nitrogens with one attached hydrogen (secondary N) is 1. The molecular formula is C15H16ClN3O. The quantitative estimate of drug-likeness (QED) is 0.888. The van der Waals surface area contributed by atoms with E-state index in [0.717, 1.165) is 16.8 Å². The smallest absolute Gasteiger partial charge is 0.248 e. The van der Waals surface area contributed by atoms with Crippen LogP contribution in [0.15, 0.2) is 36.5 Å². The number of aryl methyl sites for hydroxylation is 1. The zero-order chi connectivity index (χ0) is 14.5. The predicted molar refractivity (Wildman–Crippen MR) is 79.5 cm³/mol. The molecular weight excluding hydrogens is 274 g/mol. The van der Waals surface area contributed by atoms with Crippen molar-refractivity contribution in [3.63, 3.8) is 0 Å². The molecule has 5 heteroatoms. The van der Waals surface area contributed by atoms with Crippen molar-refractivity contribution >= 4 is 17.5 Å². The van der Waals surface area contributed by atoms with E-state index in [0.29, 0.717) is 23.7 Å². The number of primary amides is 1. The first-order valence-electron chi connectivity index (χ1n) is 6.27. The second-order valence-electron chi connectivity index (χ2n) is 4.58. The molecule has 0 aliphatic heterocycles. The van der Waals surface area contributed by atoms with Gasteiger partial charge in [-0.15, -0.1) is 0 Å². The molecule has 0 spiro atoms. The number of rotatable bonds is 5. The van der Waals surface area contributed by atoms with Gasteiger partial charge in [-0.25, -0.2) is 0 Å². The van der Waals surface area contributed by atoms with Gasteiger partial charge in [-0.1, -0.05) is 23.7 Å². The molecule has 1 aromatic heterocycles. The normalized spacial score (nSPS) is 10.5. The van der Waals surface area contributed by atoms with Gasteiger partial charge < -0.3 is 11.1 Å². The summed E-state index contributed by atoms with van der Waals surface area (Å²) in [7, 11) is 0. The number of nitrogens with two attached hydrogens (primary N) is 1. The molecule has 0 aliphatic rings. The highest BCUT2D eigenvalue weighted by Gasteiger charge is 2.05. The van der Waals surface area contributed by atoms with Crippen molar-refractivity contribution in [2.45, 2.75) is 20.0 Å². The van der Waals surface area contributed by atoms with Crippen molar-refractivity contribution in [3.8, 4) is 0 Å². The van der Waals surface area contributed by atoms with E-state index in [-0.39, 0.29) is 0 Å². The van der Waals surface area contributed by atoms with Crippen molar-refractivity contribution in [1.29, 1.82) is 0 Å². The maximum Gasteiger partial charge on any atom is 0.248 e. The molecule has 2 aromatic rings. The average Bonchev–Trinajstić information content (AvgIpc) is 2.42. The molecule has 0 radical (unpaired) electrons. The van der Waals surface area contributed by atoms with Crippen molar-refractivity contribution in [2.24, 2.45) is 5.73 Å². The zero-order valence-electron chi connectivity index (χ0n) is 11.2. The number of hydrogen-bond acceptors (Lipinski definition) is 3. The highest BCUT2D eigenvalue weighted by molar-refractivity contribution is 6.31. The molecule has 104 valence electrons. The van der Waals surface area contributed by atoms with Gasteiger partial charge in [-0.2, -0.15) is 0 Å². The van der Waals surface area contributed by atoms with E-state index in [4.69, 9.17) is 17.3 Å². The third kappa shape index (κ3) is 3.79. The number of carbonyl (C=O) groups is 1. The lowest BCUT2D eigenvalue weighted by Gasteiger charge is -2.08. The maximum absolute atomic E-state index is 11.0. The number of benzene rings is 1. The van der Waals surface area contributed by atoms with Crippen molar-refractivity contribution in [1.82, 2.24) is 10.3 Å². The lowest BCUT2D eigenvalue weighted by atomic mass is 10.1. The van der Waals surface area contributed by atoms with E-state index < -0.39 is 5.91 Å². The first kappa shape index (κ1) is 14.5. The Bertz CT molecular complexity index is 611. The average molecular weight is 290 g/mol. The van der Waals surface area contributed by atoms with Crippen LogP contribution >= 0.6 is 11.6 Å². The van der Waals surface area contributed by atoms with Gasteiger partial charge in [0, 0.05) is 35.6 Å². The largest absolute Gasteiger partial charge is 0.366 e. The summed E-state index contributed by atoms with van der Waals surface area (Å²) in [5.41, 5.74) is 8.66. The molecule has 1 amide bonds. The van der Waals surface area contributed by atoms with Crippen LogP contribution in [0.4, 0.5) is 0 Å². The van der Waals surface area contributed by atoms with Crippen molar-refractivity contribution < 1.29 is 4.79 Å². The molecule has 0 unspecified atom stereocenters. The maximum atomic E-state index is 11.0. The van der Waals surface area contributed by atoms with Gasteiger partial charge in [-0.05, 0) is 36.2 Å². The van der Waals surface area contributed by atoms with E-state index in [1.54, 1.807) is 12.1 Å². The SMILES string of the molecule is Cc1ccc(CNCc2ccc(C(N)=O)cc2Cl)cn1. The third-order valence-corrected chi connectivity index (χ3v) is 3.31. The molecule has 2 rings (SSSR count). The van der Waals surface area contributed by atoms with Crippen molar-refractivity contribution in [3.05, 3.63) is 63.9 Å². The number of nitrogens with zero attached hydrogens (tertiary/aromatic N) is 1. The highest BCUT2D eigenvalue weighted by atomic mass is 35.5. The van der Waals surface area contributed by atoms with Gasteiger partial charge >= 0.3 is 0 Å². The fraction of sp³-hybridized carbons (Fsp3) is 0.200. The van der Waals surface area contributed by atoms with Gasteiger partial charge in [0.2, 0.25) is 5.91 Å². The summed E-state index contributed by atoms with van der Waals surface area (Å²) in [6, 6.07) is 9.09. The molecule has 0 saturated carbocycles. The van der Waals surface area contributed by atoms with E-state index in [1.807, 2.05) is 31.3 Å². The van der Waals surface area contributed by atoms with Crippen LogP contribution in [0.2, 0.25) is 5.02 Å². The minimum Gasteiger partial charge on any atom is -0.366 e. The summed E-state index contributed by atoms with van der Waals surface area (Å²) in [6.45, 7) is 3.28. The summed E-state index contributed by atoms with van der Waals surface area (Å²) >= 11 is 6.12. The van der Waals surface area contributed by atoms with Crippen LogP contribution in [0.3, 0.4) is 0 Å². The molecule has 0 fully saturated rings. The summed E-state index contributed by atoms with van der Waals surface area (Å²) in [5.74, 6) is -0.475. The molecule has 3 N–H and O–H groups in total. The Morgan fingerprint density at radius 2 is 2.10 bits per heavy atom. The Labute approximate surface area is 123 Å². The van der Waals surface area contributed by atoms with E-state index in [2.05, 4.69) is 10.3 Å². The molecule has 0 bridgehead atoms. The summed E-state index contributed by atoms with van der Waals surface area (Å²) in [4.78, 5) is 15.3. The standard InChI is InChI=1S/C15H16ClN3O/c1-10-2-3-11(8-19-10)7-18-9-13-5-4-12(15(17)20)6-14(13)16/h2-6,8,18H,7,9H2,1H3,(H2,17,20). The number of amides is 1. The third-order valence-electron chi connectivity index (χ3n) is 2.95. The first-order chi connectivity index (χ1) is 9.56. The van der Waals surface area contributed by atoms with Gasteiger partial charge in [0.1, 0.15) is 0 Å². The van der Waals surface area contributed by atoms with Crippen LogP contribution < -0.4 is 11.1 Å². The fourth-order valence-corrected chi connectivity index (χ4v) is 2.04. The number of halogens is 1. The molecule has 0 aliphatic carbocycles. The minimum absolute atomic E-state index is 0.418. The van der Waals surface area contributed by atoms with Crippen LogP contribution in [0.1, 0.15) is 27.2 Å².